The molecule has 0 heterocycles. The molecule has 0 amide bonds. The van der Waals surface area contributed by atoms with Gasteiger partial charge in [-0.3, -0.25) is 0 Å². The molecule has 13 heavy (non-hydrogen) atoms. The smallest absolute Gasteiger partial charge is 0.123 e. The highest BCUT2D eigenvalue weighted by Gasteiger charge is 2.21. The lowest BCUT2D eigenvalue weighted by Crippen LogP contribution is -2.15. The third-order valence-electron chi connectivity index (χ3n) is 2.67. The van der Waals surface area contributed by atoms with Crippen LogP contribution in [-0.2, 0) is 0 Å². The summed E-state index contributed by atoms with van der Waals surface area (Å²) in [4.78, 5) is 0. The molecule has 0 saturated heterocycles. The predicted octanol–water partition coefficient (Wildman–Crippen LogP) is 3.98. The van der Waals surface area contributed by atoms with Gasteiger partial charge in [0.05, 0.1) is 0 Å². The summed E-state index contributed by atoms with van der Waals surface area (Å²) in [6.45, 7) is 8.76. The first-order valence-corrected chi connectivity index (χ1v) is 4.67. The Kier molecular flexibility index (Phi) is 2.74. The summed E-state index contributed by atoms with van der Waals surface area (Å²) in [6, 6.07) is 6.78. The summed E-state index contributed by atoms with van der Waals surface area (Å²) >= 11 is 0. The first-order chi connectivity index (χ1) is 5.91. The molecular weight excluding hydrogens is 163 g/mol. The van der Waals surface area contributed by atoms with Crippen LogP contribution in [0.3, 0.4) is 0 Å². The second kappa shape index (κ2) is 3.49. The van der Waals surface area contributed by atoms with Gasteiger partial charge in [-0.25, -0.2) is 4.39 Å². The lowest BCUT2D eigenvalue weighted by atomic mass is 9.78. The fraction of sp³-hybridized carbons (Fsp3) is 0.500. The number of halogens is 1. The van der Waals surface area contributed by atoms with Crippen LogP contribution in [0.1, 0.15) is 39.2 Å². The van der Waals surface area contributed by atoms with Gasteiger partial charge in [0.25, 0.3) is 0 Å². The van der Waals surface area contributed by atoms with E-state index >= 15 is 0 Å². The van der Waals surface area contributed by atoms with Crippen molar-refractivity contribution >= 4 is 0 Å². The third kappa shape index (κ3) is 2.55. The van der Waals surface area contributed by atoms with Crippen LogP contribution in [0.4, 0.5) is 4.39 Å². The lowest BCUT2D eigenvalue weighted by Gasteiger charge is -2.27. The maximum Gasteiger partial charge on any atom is 0.123 e. The molecule has 1 aromatic carbocycles. The Hall–Kier alpha value is -0.850. The second-order valence-electron chi connectivity index (χ2n) is 4.64. The van der Waals surface area contributed by atoms with Gasteiger partial charge in [-0.2, -0.15) is 0 Å². The summed E-state index contributed by atoms with van der Waals surface area (Å²) < 4.78 is 12.6. The van der Waals surface area contributed by atoms with Crippen molar-refractivity contribution in [2.45, 2.75) is 33.6 Å². The molecule has 1 heteroatoms. The molecule has 0 spiro atoms. The standard InChI is InChI=1S/C12H17F/c1-9(12(2,3)4)10-5-7-11(13)8-6-10/h5-9H,1-4H3/t9-/m0/s1. The fourth-order valence-corrected chi connectivity index (χ4v) is 1.25. The minimum Gasteiger partial charge on any atom is -0.207 e. The Morgan fingerprint density at radius 3 is 1.92 bits per heavy atom. The highest BCUT2D eigenvalue weighted by Crippen LogP contribution is 2.34. The van der Waals surface area contributed by atoms with Gasteiger partial charge in [-0.15, -0.1) is 0 Å². The molecule has 1 atom stereocenters. The SMILES string of the molecule is C[C@@H](c1ccc(F)cc1)C(C)(C)C. The summed E-state index contributed by atoms with van der Waals surface area (Å²) in [5.41, 5.74) is 1.44. The van der Waals surface area contributed by atoms with Crippen LogP contribution < -0.4 is 0 Å². The molecule has 1 rings (SSSR count). The van der Waals surface area contributed by atoms with Crippen LogP contribution in [0.5, 0.6) is 0 Å². The fourth-order valence-electron chi connectivity index (χ4n) is 1.25. The topological polar surface area (TPSA) is 0 Å². The molecule has 72 valence electrons. The molecule has 0 aliphatic heterocycles. The van der Waals surface area contributed by atoms with Crippen LogP contribution >= 0.6 is 0 Å². The van der Waals surface area contributed by atoms with E-state index in [4.69, 9.17) is 0 Å². The van der Waals surface area contributed by atoms with Gasteiger partial charge in [0, 0.05) is 0 Å². The van der Waals surface area contributed by atoms with Gasteiger partial charge in [0.2, 0.25) is 0 Å². The van der Waals surface area contributed by atoms with Gasteiger partial charge in [0.15, 0.2) is 0 Å². The molecule has 1 aromatic rings. The van der Waals surface area contributed by atoms with Crippen LogP contribution in [-0.4, -0.2) is 0 Å². The van der Waals surface area contributed by atoms with E-state index in [9.17, 15) is 4.39 Å². The van der Waals surface area contributed by atoms with Crippen molar-refractivity contribution in [2.24, 2.45) is 5.41 Å². The molecule has 0 aliphatic carbocycles. The first-order valence-electron chi connectivity index (χ1n) is 4.67. The van der Waals surface area contributed by atoms with Crippen molar-refractivity contribution in [1.82, 2.24) is 0 Å². The van der Waals surface area contributed by atoms with Gasteiger partial charge in [-0.1, -0.05) is 39.8 Å². The van der Waals surface area contributed by atoms with Gasteiger partial charge in [0.1, 0.15) is 5.82 Å². The summed E-state index contributed by atoms with van der Waals surface area (Å²) in [7, 11) is 0. The minimum absolute atomic E-state index is 0.162. The maximum atomic E-state index is 12.6. The van der Waals surface area contributed by atoms with Gasteiger partial charge < -0.3 is 0 Å². The molecular formula is C12H17F. The normalized spacial score (nSPS) is 14.2. The second-order valence-corrected chi connectivity index (χ2v) is 4.64. The van der Waals surface area contributed by atoms with E-state index in [2.05, 4.69) is 27.7 Å². The molecule has 0 saturated carbocycles. The summed E-state index contributed by atoms with van der Waals surface area (Å²) in [5.74, 6) is 0.290. The molecule has 0 nitrogen and oxygen atoms in total. The third-order valence-corrected chi connectivity index (χ3v) is 2.67. The van der Waals surface area contributed by atoms with Crippen LogP contribution in [0.15, 0.2) is 24.3 Å². The average molecular weight is 180 g/mol. The van der Waals surface area contributed by atoms with Gasteiger partial charge in [-0.05, 0) is 29.0 Å². The van der Waals surface area contributed by atoms with Gasteiger partial charge >= 0.3 is 0 Å². The predicted molar refractivity (Wildman–Crippen MR) is 54.3 cm³/mol. The summed E-state index contributed by atoms with van der Waals surface area (Å²) in [6.07, 6.45) is 0. The Bertz CT molecular complexity index is 266. The molecule has 0 unspecified atom stereocenters. The molecule has 0 aliphatic rings. The highest BCUT2D eigenvalue weighted by atomic mass is 19.1. The van der Waals surface area contributed by atoms with Crippen LogP contribution in [0.25, 0.3) is 0 Å². The van der Waals surface area contributed by atoms with Crippen molar-refractivity contribution < 1.29 is 4.39 Å². The molecule has 0 aromatic heterocycles. The Morgan fingerprint density at radius 2 is 1.54 bits per heavy atom. The van der Waals surface area contributed by atoms with E-state index < -0.39 is 0 Å². The van der Waals surface area contributed by atoms with Crippen LogP contribution in [0, 0.1) is 11.2 Å². The van der Waals surface area contributed by atoms with Crippen molar-refractivity contribution in [1.29, 1.82) is 0 Å². The number of hydrogen-bond acceptors (Lipinski definition) is 0. The zero-order valence-corrected chi connectivity index (χ0v) is 8.76. The zero-order valence-electron chi connectivity index (χ0n) is 8.76. The van der Waals surface area contributed by atoms with Crippen molar-refractivity contribution in [2.75, 3.05) is 0 Å². The van der Waals surface area contributed by atoms with Crippen molar-refractivity contribution in [3.05, 3.63) is 35.6 Å². The number of hydrogen-bond donors (Lipinski definition) is 0. The molecule has 0 bridgehead atoms. The largest absolute Gasteiger partial charge is 0.207 e. The number of rotatable bonds is 1. The molecule has 0 radical (unpaired) electrons. The van der Waals surface area contributed by atoms with Crippen molar-refractivity contribution in [3.8, 4) is 0 Å². The monoisotopic (exact) mass is 180 g/mol. The van der Waals surface area contributed by atoms with Crippen molar-refractivity contribution in [3.63, 3.8) is 0 Å². The average Bonchev–Trinajstić information content (AvgIpc) is 2.03. The van der Waals surface area contributed by atoms with E-state index in [0.717, 1.165) is 0 Å². The lowest BCUT2D eigenvalue weighted by molar-refractivity contribution is 0.339. The van der Waals surface area contributed by atoms with E-state index in [0.29, 0.717) is 5.92 Å². The Morgan fingerprint density at radius 1 is 1.08 bits per heavy atom. The van der Waals surface area contributed by atoms with Crippen LogP contribution in [0.2, 0.25) is 0 Å². The number of benzene rings is 1. The summed E-state index contributed by atoms with van der Waals surface area (Å²) in [5, 5.41) is 0. The van der Waals surface area contributed by atoms with E-state index in [-0.39, 0.29) is 11.2 Å². The highest BCUT2D eigenvalue weighted by molar-refractivity contribution is 5.21. The molecule has 0 fully saturated rings. The zero-order chi connectivity index (χ0) is 10.1. The Balaban J connectivity index is 2.90. The first kappa shape index (κ1) is 10.2. The van der Waals surface area contributed by atoms with E-state index in [1.807, 2.05) is 12.1 Å². The molecule has 0 N–H and O–H groups in total. The Labute approximate surface area is 79.8 Å². The quantitative estimate of drug-likeness (QED) is 0.613. The van der Waals surface area contributed by atoms with E-state index in [1.165, 1.54) is 17.7 Å². The minimum atomic E-state index is -0.162. The maximum absolute atomic E-state index is 12.6. The van der Waals surface area contributed by atoms with E-state index in [1.54, 1.807) is 0 Å².